The summed E-state index contributed by atoms with van der Waals surface area (Å²) < 4.78 is 7.62. The molecule has 106 valence electrons. The fourth-order valence-electron chi connectivity index (χ4n) is 3.25. The maximum Gasteiger partial charge on any atom is 0.0786 e. The maximum absolute atomic E-state index is 5.60. The van der Waals surface area contributed by atoms with Gasteiger partial charge in [-0.2, -0.15) is 10.2 Å². The van der Waals surface area contributed by atoms with E-state index in [1.165, 1.54) is 34.8 Å². The van der Waals surface area contributed by atoms with Crippen molar-refractivity contribution in [1.82, 2.24) is 20.0 Å². The van der Waals surface area contributed by atoms with Gasteiger partial charge >= 0.3 is 0 Å². The summed E-state index contributed by atoms with van der Waals surface area (Å²) in [7, 11) is 2.04. The zero-order valence-corrected chi connectivity index (χ0v) is 11.7. The molecule has 0 fully saturated rings. The van der Waals surface area contributed by atoms with E-state index >= 15 is 0 Å². The monoisotopic (exact) mass is 273 g/mol. The quantitative estimate of drug-likeness (QED) is 0.892. The molecule has 6 nitrogen and oxygen atoms in total. The third-order valence-electron chi connectivity index (χ3n) is 4.32. The summed E-state index contributed by atoms with van der Waals surface area (Å²) >= 11 is 0. The van der Waals surface area contributed by atoms with Gasteiger partial charge in [-0.05, 0) is 12.8 Å². The van der Waals surface area contributed by atoms with Crippen LogP contribution in [0.5, 0.6) is 0 Å². The summed E-state index contributed by atoms with van der Waals surface area (Å²) in [6.07, 6.45) is 5.14. The fourth-order valence-corrected chi connectivity index (χ4v) is 3.25. The van der Waals surface area contributed by atoms with Crippen LogP contribution in [-0.4, -0.2) is 33.1 Å². The maximum atomic E-state index is 5.60. The average Bonchev–Trinajstić information content (AvgIpc) is 3.05. The molecule has 2 aliphatic heterocycles. The van der Waals surface area contributed by atoms with E-state index in [4.69, 9.17) is 4.74 Å². The van der Waals surface area contributed by atoms with Gasteiger partial charge in [0.25, 0.3) is 0 Å². The Hall–Kier alpha value is -1.82. The highest BCUT2D eigenvalue weighted by atomic mass is 16.5. The molecular weight excluding hydrogens is 254 g/mol. The molecular formula is C14H19N5O. The van der Waals surface area contributed by atoms with Gasteiger partial charge in [0, 0.05) is 25.6 Å². The van der Waals surface area contributed by atoms with Gasteiger partial charge in [0.05, 0.1) is 48.7 Å². The van der Waals surface area contributed by atoms with Crippen LogP contribution in [-0.2, 0) is 37.8 Å². The van der Waals surface area contributed by atoms with Gasteiger partial charge in [-0.15, -0.1) is 0 Å². The molecule has 2 aromatic rings. The van der Waals surface area contributed by atoms with Crippen LogP contribution in [0.1, 0.15) is 29.1 Å². The average molecular weight is 273 g/mol. The van der Waals surface area contributed by atoms with Crippen LogP contribution >= 0.6 is 0 Å². The van der Waals surface area contributed by atoms with Crippen molar-refractivity contribution in [3.63, 3.8) is 0 Å². The third-order valence-corrected chi connectivity index (χ3v) is 4.32. The molecule has 4 rings (SSSR count). The first-order chi connectivity index (χ1) is 9.83. The number of nitrogens with zero attached hydrogens (tertiary/aromatic N) is 4. The lowest BCUT2D eigenvalue weighted by atomic mass is 10.1. The van der Waals surface area contributed by atoms with Crippen LogP contribution in [0.15, 0.2) is 6.20 Å². The van der Waals surface area contributed by atoms with Crippen molar-refractivity contribution in [2.45, 2.75) is 32.4 Å². The topological polar surface area (TPSA) is 59.0 Å². The second kappa shape index (κ2) is 4.63. The number of H-pyrrole nitrogens is 1. The number of hydrogen-bond donors (Lipinski definition) is 1. The first-order valence-electron chi connectivity index (χ1n) is 7.21. The second-order valence-electron chi connectivity index (χ2n) is 5.56. The SMILES string of the molecule is Cn1nc2c(c1CN1CCCc3[nH]ncc31)COCC2. The predicted molar refractivity (Wildman–Crippen MR) is 74.5 cm³/mol. The Labute approximate surface area is 117 Å². The van der Waals surface area contributed by atoms with Crippen LogP contribution in [0.3, 0.4) is 0 Å². The molecule has 0 saturated heterocycles. The van der Waals surface area contributed by atoms with Crippen molar-refractivity contribution in [3.8, 4) is 0 Å². The van der Waals surface area contributed by atoms with E-state index in [2.05, 4.69) is 20.2 Å². The predicted octanol–water partition coefficient (Wildman–Crippen LogP) is 1.17. The van der Waals surface area contributed by atoms with Crippen molar-refractivity contribution in [1.29, 1.82) is 0 Å². The molecule has 0 aliphatic carbocycles. The highest BCUT2D eigenvalue weighted by Crippen LogP contribution is 2.28. The molecule has 6 heteroatoms. The van der Waals surface area contributed by atoms with E-state index in [1.54, 1.807) is 0 Å². The van der Waals surface area contributed by atoms with Crippen LogP contribution < -0.4 is 4.90 Å². The van der Waals surface area contributed by atoms with Crippen molar-refractivity contribution >= 4 is 5.69 Å². The van der Waals surface area contributed by atoms with Crippen molar-refractivity contribution in [3.05, 3.63) is 28.8 Å². The smallest absolute Gasteiger partial charge is 0.0786 e. The van der Waals surface area contributed by atoms with Crippen molar-refractivity contribution in [2.24, 2.45) is 7.05 Å². The minimum atomic E-state index is 0.699. The number of nitrogens with one attached hydrogen (secondary N) is 1. The molecule has 0 atom stereocenters. The summed E-state index contributed by atoms with van der Waals surface area (Å²) in [5.41, 5.74) is 6.26. The lowest BCUT2D eigenvalue weighted by molar-refractivity contribution is 0.109. The lowest BCUT2D eigenvalue weighted by Crippen LogP contribution is -2.29. The standard InChI is InChI=1S/C14H19N5O/c1-18-14(10-9-20-6-4-11(10)17-18)8-19-5-2-3-12-13(19)7-15-16-12/h7H,2-6,8-9H2,1H3,(H,15,16). The Balaban J connectivity index is 1.66. The molecule has 0 bridgehead atoms. The largest absolute Gasteiger partial charge is 0.376 e. The molecule has 20 heavy (non-hydrogen) atoms. The van der Waals surface area contributed by atoms with Gasteiger partial charge in [-0.1, -0.05) is 0 Å². The summed E-state index contributed by atoms with van der Waals surface area (Å²) in [6.45, 7) is 3.45. The van der Waals surface area contributed by atoms with Gasteiger partial charge in [-0.25, -0.2) is 0 Å². The molecule has 0 spiro atoms. The minimum absolute atomic E-state index is 0.699. The molecule has 0 unspecified atom stereocenters. The number of aryl methyl sites for hydroxylation is 2. The van der Waals surface area contributed by atoms with Crippen LogP contribution in [0, 0.1) is 0 Å². The van der Waals surface area contributed by atoms with Gasteiger partial charge in [0.2, 0.25) is 0 Å². The first-order valence-corrected chi connectivity index (χ1v) is 7.21. The first kappa shape index (κ1) is 12.0. The van der Waals surface area contributed by atoms with Crippen molar-refractivity contribution in [2.75, 3.05) is 18.1 Å². The number of fused-ring (bicyclic) bond motifs is 2. The number of ether oxygens (including phenoxy) is 1. The Bertz CT molecular complexity index is 630. The van der Waals surface area contributed by atoms with E-state index in [9.17, 15) is 0 Å². The van der Waals surface area contributed by atoms with Crippen LogP contribution in [0.4, 0.5) is 5.69 Å². The number of aromatic nitrogens is 4. The Morgan fingerprint density at radius 3 is 3.30 bits per heavy atom. The fraction of sp³-hybridized carbons (Fsp3) is 0.571. The molecule has 2 aliphatic rings. The molecule has 4 heterocycles. The molecule has 1 N–H and O–H groups in total. The summed E-state index contributed by atoms with van der Waals surface area (Å²) in [5, 5.41) is 11.9. The number of hydrogen-bond acceptors (Lipinski definition) is 4. The van der Waals surface area contributed by atoms with Gasteiger partial charge in [0.15, 0.2) is 0 Å². The highest BCUT2D eigenvalue weighted by Gasteiger charge is 2.24. The molecule has 2 aromatic heterocycles. The highest BCUT2D eigenvalue weighted by molar-refractivity contribution is 5.51. The van der Waals surface area contributed by atoms with Crippen LogP contribution in [0.2, 0.25) is 0 Å². The zero-order chi connectivity index (χ0) is 13.5. The lowest BCUT2D eigenvalue weighted by Gasteiger charge is -2.28. The second-order valence-corrected chi connectivity index (χ2v) is 5.56. The van der Waals surface area contributed by atoms with E-state index in [-0.39, 0.29) is 0 Å². The van der Waals surface area contributed by atoms with E-state index in [0.717, 1.165) is 32.5 Å². The Morgan fingerprint density at radius 2 is 2.35 bits per heavy atom. The number of anilines is 1. The Kier molecular flexibility index (Phi) is 2.77. The van der Waals surface area contributed by atoms with E-state index in [1.807, 2.05) is 17.9 Å². The third kappa shape index (κ3) is 1.83. The van der Waals surface area contributed by atoms with E-state index < -0.39 is 0 Å². The summed E-state index contributed by atoms with van der Waals surface area (Å²) in [6, 6.07) is 0. The van der Waals surface area contributed by atoms with Gasteiger partial charge in [-0.3, -0.25) is 9.78 Å². The van der Waals surface area contributed by atoms with Crippen LogP contribution in [0.25, 0.3) is 0 Å². The normalized spacial score (nSPS) is 17.9. The number of rotatable bonds is 2. The Morgan fingerprint density at radius 1 is 1.40 bits per heavy atom. The summed E-state index contributed by atoms with van der Waals surface area (Å²) in [5.74, 6) is 0. The summed E-state index contributed by atoms with van der Waals surface area (Å²) in [4.78, 5) is 2.40. The van der Waals surface area contributed by atoms with Crippen molar-refractivity contribution < 1.29 is 4.74 Å². The van der Waals surface area contributed by atoms with Gasteiger partial charge in [0.1, 0.15) is 0 Å². The molecule has 0 saturated carbocycles. The zero-order valence-electron chi connectivity index (χ0n) is 11.7. The number of aromatic amines is 1. The molecule has 0 aromatic carbocycles. The molecule has 0 amide bonds. The van der Waals surface area contributed by atoms with E-state index in [0.29, 0.717) is 6.61 Å². The molecule has 0 radical (unpaired) electrons. The van der Waals surface area contributed by atoms with Gasteiger partial charge < -0.3 is 9.64 Å². The minimum Gasteiger partial charge on any atom is -0.376 e.